The van der Waals surface area contributed by atoms with Gasteiger partial charge in [0.1, 0.15) is 5.82 Å². The van der Waals surface area contributed by atoms with E-state index in [9.17, 15) is 4.79 Å². The molecule has 1 heterocycles. The number of carbonyl (C=O) groups is 1. The lowest BCUT2D eigenvalue weighted by molar-refractivity contribution is 0.1000. The Morgan fingerprint density at radius 1 is 1.64 bits per heavy atom. The van der Waals surface area contributed by atoms with Crippen molar-refractivity contribution in [1.29, 1.82) is 0 Å². The van der Waals surface area contributed by atoms with Gasteiger partial charge in [0.2, 0.25) is 5.91 Å². The molecule has 0 aromatic carbocycles. The molecule has 0 fully saturated rings. The van der Waals surface area contributed by atoms with Crippen molar-refractivity contribution < 1.29 is 10.0 Å². The summed E-state index contributed by atoms with van der Waals surface area (Å²) in [6, 6.07) is 2.91. The normalized spacial score (nSPS) is 9.18. The van der Waals surface area contributed by atoms with Crippen molar-refractivity contribution in [2.24, 2.45) is 5.73 Å². The summed E-state index contributed by atoms with van der Waals surface area (Å²) in [5, 5.41) is 8.34. The van der Waals surface area contributed by atoms with Crippen LogP contribution in [0.4, 0.5) is 5.82 Å². The fraction of sp³-hybridized carbons (Fsp3) is 0. The van der Waals surface area contributed by atoms with E-state index in [-0.39, 0.29) is 5.82 Å². The van der Waals surface area contributed by atoms with E-state index in [2.05, 4.69) is 4.98 Å². The smallest absolute Gasteiger partial charge is 0.250 e. The van der Waals surface area contributed by atoms with Crippen molar-refractivity contribution >= 4 is 11.7 Å². The predicted molar refractivity (Wildman–Crippen MR) is 38.2 cm³/mol. The van der Waals surface area contributed by atoms with Gasteiger partial charge >= 0.3 is 0 Å². The van der Waals surface area contributed by atoms with Crippen LogP contribution < -0.4 is 11.2 Å². The van der Waals surface area contributed by atoms with Crippen LogP contribution in [-0.4, -0.2) is 16.1 Å². The van der Waals surface area contributed by atoms with Crippen LogP contribution in [0.3, 0.4) is 0 Å². The molecule has 4 N–H and O–H groups in total. The zero-order valence-electron chi connectivity index (χ0n) is 5.61. The standard InChI is InChI=1S/C6H7N3O2/c7-6(10)4-1-2-5(9-11)8-3-4/h1-3,11H,(H2,7,10)(H,8,9). The highest BCUT2D eigenvalue weighted by molar-refractivity contribution is 5.92. The van der Waals surface area contributed by atoms with E-state index in [1.54, 1.807) is 0 Å². The Morgan fingerprint density at radius 2 is 2.36 bits per heavy atom. The van der Waals surface area contributed by atoms with Crippen molar-refractivity contribution in [2.75, 3.05) is 5.48 Å². The molecule has 1 rings (SSSR count). The van der Waals surface area contributed by atoms with Crippen molar-refractivity contribution in [3.05, 3.63) is 23.9 Å². The van der Waals surface area contributed by atoms with Crippen molar-refractivity contribution in [3.63, 3.8) is 0 Å². The minimum Gasteiger partial charge on any atom is -0.366 e. The summed E-state index contributed by atoms with van der Waals surface area (Å²) in [5.74, 6) is -0.267. The first kappa shape index (κ1) is 7.49. The second-order valence-electron chi connectivity index (χ2n) is 1.91. The molecule has 11 heavy (non-hydrogen) atoms. The Morgan fingerprint density at radius 3 is 2.73 bits per heavy atom. The SMILES string of the molecule is NC(=O)c1ccc(NO)nc1. The molecule has 0 aliphatic heterocycles. The van der Waals surface area contributed by atoms with Crippen LogP contribution in [0.15, 0.2) is 18.3 Å². The summed E-state index contributed by atoms with van der Waals surface area (Å²) in [6.07, 6.45) is 1.28. The monoisotopic (exact) mass is 153 g/mol. The van der Waals surface area contributed by atoms with Gasteiger partial charge in [0, 0.05) is 6.20 Å². The highest BCUT2D eigenvalue weighted by atomic mass is 16.5. The van der Waals surface area contributed by atoms with Crippen LogP contribution in [0.1, 0.15) is 10.4 Å². The van der Waals surface area contributed by atoms with Crippen LogP contribution in [0, 0.1) is 0 Å². The maximum absolute atomic E-state index is 10.5. The van der Waals surface area contributed by atoms with Gasteiger partial charge in [-0.25, -0.2) is 4.98 Å². The molecule has 0 saturated carbocycles. The molecule has 0 atom stereocenters. The average molecular weight is 153 g/mol. The van der Waals surface area contributed by atoms with Crippen LogP contribution in [0.5, 0.6) is 0 Å². The molecule has 0 unspecified atom stereocenters. The summed E-state index contributed by atoms with van der Waals surface area (Å²) in [7, 11) is 0. The van der Waals surface area contributed by atoms with Crippen LogP contribution in [0.2, 0.25) is 0 Å². The highest BCUT2D eigenvalue weighted by Crippen LogP contribution is 2.02. The number of nitrogens with two attached hydrogens (primary N) is 1. The number of anilines is 1. The van der Waals surface area contributed by atoms with Gasteiger partial charge in [-0.15, -0.1) is 0 Å². The van der Waals surface area contributed by atoms with Crippen LogP contribution in [0.25, 0.3) is 0 Å². The number of nitrogens with zero attached hydrogens (tertiary/aromatic N) is 1. The maximum Gasteiger partial charge on any atom is 0.250 e. The molecular weight excluding hydrogens is 146 g/mol. The third-order valence-corrected chi connectivity index (χ3v) is 1.16. The van der Waals surface area contributed by atoms with Gasteiger partial charge < -0.3 is 5.73 Å². The first-order chi connectivity index (χ1) is 5.24. The second kappa shape index (κ2) is 2.98. The summed E-state index contributed by atoms with van der Waals surface area (Å²) in [4.78, 5) is 14.2. The Balaban J connectivity index is 2.91. The van der Waals surface area contributed by atoms with Crippen LogP contribution >= 0.6 is 0 Å². The Kier molecular flexibility index (Phi) is 2.03. The molecule has 58 valence electrons. The Labute approximate surface area is 62.8 Å². The number of pyridine rings is 1. The lowest BCUT2D eigenvalue weighted by Crippen LogP contribution is -2.11. The molecule has 5 heteroatoms. The summed E-state index contributed by atoms with van der Waals surface area (Å²) in [5.41, 5.74) is 7.08. The van der Waals surface area contributed by atoms with E-state index in [0.717, 1.165) is 0 Å². The molecule has 0 aliphatic rings. The molecular formula is C6H7N3O2. The molecule has 1 aromatic heterocycles. The minimum absolute atomic E-state index is 0.273. The number of amides is 1. The molecule has 0 radical (unpaired) electrons. The first-order valence-corrected chi connectivity index (χ1v) is 2.90. The Bertz CT molecular complexity index is 257. The number of carbonyl (C=O) groups excluding carboxylic acids is 1. The van der Waals surface area contributed by atoms with E-state index in [4.69, 9.17) is 10.9 Å². The molecule has 0 saturated heterocycles. The summed E-state index contributed by atoms with van der Waals surface area (Å²) < 4.78 is 0. The minimum atomic E-state index is -0.540. The van der Waals surface area contributed by atoms with Gasteiger partial charge in [-0.05, 0) is 12.1 Å². The van der Waals surface area contributed by atoms with E-state index in [0.29, 0.717) is 5.56 Å². The van der Waals surface area contributed by atoms with E-state index in [1.807, 2.05) is 5.48 Å². The summed E-state index contributed by atoms with van der Waals surface area (Å²) >= 11 is 0. The van der Waals surface area contributed by atoms with Gasteiger partial charge in [-0.3, -0.25) is 15.5 Å². The molecule has 5 nitrogen and oxygen atoms in total. The number of nitrogens with one attached hydrogen (secondary N) is 1. The number of hydrogen-bond donors (Lipinski definition) is 3. The third kappa shape index (κ3) is 1.65. The van der Waals surface area contributed by atoms with Gasteiger partial charge in [-0.2, -0.15) is 0 Å². The Hall–Kier alpha value is -1.62. The molecule has 1 amide bonds. The van der Waals surface area contributed by atoms with Gasteiger partial charge in [-0.1, -0.05) is 0 Å². The summed E-state index contributed by atoms with van der Waals surface area (Å²) in [6.45, 7) is 0. The lowest BCUT2D eigenvalue weighted by Gasteiger charge is -1.96. The van der Waals surface area contributed by atoms with E-state index >= 15 is 0 Å². The molecule has 0 aliphatic carbocycles. The van der Waals surface area contributed by atoms with Crippen molar-refractivity contribution in [3.8, 4) is 0 Å². The number of aromatic nitrogens is 1. The highest BCUT2D eigenvalue weighted by Gasteiger charge is 1.98. The predicted octanol–water partition coefficient (Wildman–Crippen LogP) is -0.0184. The molecule has 0 spiro atoms. The van der Waals surface area contributed by atoms with Gasteiger partial charge in [0.05, 0.1) is 5.56 Å². The number of rotatable bonds is 2. The molecule has 1 aromatic rings. The largest absolute Gasteiger partial charge is 0.366 e. The zero-order valence-corrected chi connectivity index (χ0v) is 5.61. The van der Waals surface area contributed by atoms with Crippen molar-refractivity contribution in [2.45, 2.75) is 0 Å². The average Bonchev–Trinajstić information content (AvgIpc) is 2.05. The zero-order chi connectivity index (χ0) is 8.27. The fourth-order valence-electron chi connectivity index (χ4n) is 0.606. The fourth-order valence-corrected chi connectivity index (χ4v) is 0.606. The quantitative estimate of drug-likeness (QED) is 0.521. The molecule has 0 bridgehead atoms. The second-order valence-corrected chi connectivity index (χ2v) is 1.91. The lowest BCUT2D eigenvalue weighted by atomic mass is 10.3. The first-order valence-electron chi connectivity index (χ1n) is 2.90. The van der Waals surface area contributed by atoms with E-state index in [1.165, 1.54) is 18.3 Å². The van der Waals surface area contributed by atoms with Crippen molar-refractivity contribution in [1.82, 2.24) is 4.98 Å². The number of primary amides is 1. The van der Waals surface area contributed by atoms with Gasteiger partial charge in [0.15, 0.2) is 0 Å². The van der Waals surface area contributed by atoms with E-state index < -0.39 is 5.91 Å². The third-order valence-electron chi connectivity index (χ3n) is 1.16. The number of hydrogen-bond acceptors (Lipinski definition) is 4. The van der Waals surface area contributed by atoms with Crippen LogP contribution in [-0.2, 0) is 0 Å². The maximum atomic E-state index is 10.5. The topological polar surface area (TPSA) is 88.2 Å². The van der Waals surface area contributed by atoms with Gasteiger partial charge in [0.25, 0.3) is 0 Å².